The van der Waals surface area contributed by atoms with Gasteiger partial charge in [0.1, 0.15) is 6.10 Å². The zero-order chi connectivity index (χ0) is 11.7. The highest BCUT2D eigenvalue weighted by Gasteiger charge is 2.40. The van der Waals surface area contributed by atoms with Crippen molar-refractivity contribution in [2.75, 3.05) is 0 Å². The largest absolute Gasteiger partial charge is 0.446 e. The van der Waals surface area contributed by atoms with Gasteiger partial charge in [0.15, 0.2) is 0 Å². The van der Waals surface area contributed by atoms with Crippen molar-refractivity contribution in [2.45, 2.75) is 37.8 Å². The maximum absolute atomic E-state index is 11.6. The molecule has 1 heterocycles. The topological polar surface area (TPSA) is 38.3 Å². The minimum atomic E-state index is -0.262. The van der Waals surface area contributed by atoms with Gasteiger partial charge in [-0.3, -0.25) is 0 Å². The Kier molecular flexibility index (Phi) is 2.75. The molecule has 0 spiro atoms. The number of nitrogens with one attached hydrogen (secondary N) is 1. The smallest absolute Gasteiger partial charge is 0.407 e. The number of ether oxygens (including phenoxy) is 1. The number of carbonyl (C=O) groups excluding carboxylic acids is 1. The molecule has 3 nitrogen and oxygen atoms in total. The number of benzene rings is 1. The van der Waals surface area contributed by atoms with Crippen molar-refractivity contribution >= 4 is 6.09 Å². The minimum Gasteiger partial charge on any atom is -0.446 e. The molecule has 3 rings (SSSR count). The summed E-state index contributed by atoms with van der Waals surface area (Å²) in [6.07, 6.45) is 4.43. The van der Waals surface area contributed by atoms with Gasteiger partial charge >= 0.3 is 6.09 Å². The zero-order valence-electron chi connectivity index (χ0n) is 9.76. The first-order chi connectivity index (χ1) is 8.34. The molecule has 1 amide bonds. The Bertz CT molecular complexity index is 404. The molecule has 1 aromatic rings. The van der Waals surface area contributed by atoms with Gasteiger partial charge in [0.25, 0.3) is 0 Å². The van der Waals surface area contributed by atoms with Gasteiger partial charge in [-0.25, -0.2) is 4.79 Å². The summed E-state index contributed by atoms with van der Waals surface area (Å²) in [6.45, 7) is 0. The van der Waals surface area contributed by atoms with Gasteiger partial charge in [-0.1, -0.05) is 36.8 Å². The number of fused-ring (bicyclic) bond motifs is 1. The number of hydrogen-bond donors (Lipinski definition) is 1. The number of hydrogen-bond acceptors (Lipinski definition) is 2. The third kappa shape index (κ3) is 2.02. The van der Waals surface area contributed by atoms with Crippen LogP contribution in [0.5, 0.6) is 0 Å². The molecule has 3 atom stereocenters. The summed E-state index contributed by atoms with van der Waals surface area (Å²) in [5, 5.41) is 2.97. The molecule has 90 valence electrons. The molecule has 1 aliphatic carbocycles. The van der Waals surface area contributed by atoms with Crippen LogP contribution in [0.1, 0.15) is 37.3 Å². The van der Waals surface area contributed by atoms with Crippen LogP contribution in [-0.4, -0.2) is 12.2 Å². The van der Waals surface area contributed by atoms with Crippen molar-refractivity contribution in [3.05, 3.63) is 35.9 Å². The SMILES string of the molecule is O=C1N[C@H](c2ccccc2)[C@@H]2CCCC[C@@H]2O1. The molecular formula is C14H17NO2. The summed E-state index contributed by atoms with van der Waals surface area (Å²) < 4.78 is 5.39. The Morgan fingerprint density at radius 2 is 1.88 bits per heavy atom. The molecule has 17 heavy (non-hydrogen) atoms. The fourth-order valence-electron chi connectivity index (χ4n) is 3.05. The van der Waals surface area contributed by atoms with E-state index in [9.17, 15) is 4.79 Å². The van der Waals surface area contributed by atoms with E-state index in [1.165, 1.54) is 18.4 Å². The molecule has 1 aliphatic heterocycles. The standard InChI is InChI=1S/C14H17NO2/c16-14-15-13(10-6-2-1-3-7-10)11-8-4-5-9-12(11)17-14/h1-3,6-7,11-13H,4-5,8-9H2,(H,15,16)/t11-,12+,13-/m1/s1. The molecule has 0 radical (unpaired) electrons. The van der Waals surface area contributed by atoms with Crippen LogP contribution in [0.4, 0.5) is 4.79 Å². The lowest BCUT2D eigenvalue weighted by Gasteiger charge is -2.41. The fraction of sp³-hybridized carbons (Fsp3) is 0.500. The van der Waals surface area contributed by atoms with Crippen LogP contribution in [0.3, 0.4) is 0 Å². The zero-order valence-corrected chi connectivity index (χ0v) is 9.76. The maximum atomic E-state index is 11.6. The van der Waals surface area contributed by atoms with Crippen LogP contribution >= 0.6 is 0 Å². The third-order valence-corrected chi connectivity index (χ3v) is 3.87. The lowest BCUT2D eigenvalue weighted by molar-refractivity contribution is -0.00765. The first-order valence-corrected chi connectivity index (χ1v) is 6.37. The average molecular weight is 231 g/mol. The van der Waals surface area contributed by atoms with Crippen LogP contribution in [0.2, 0.25) is 0 Å². The van der Waals surface area contributed by atoms with Crippen molar-refractivity contribution in [2.24, 2.45) is 5.92 Å². The van der Waals surface area contributed by atoms with Gasteiger partial charge < -0.3 is 10.1 Å². The van der Waals surface area contributed by atoms with Gasteiger partial charge in [0.05, 0.1) is 6.04 Å². The Hall–Kier alpha value is -1.51. The highest BCUT2D eigenvalue weighted by Crippen LogP contribution is 2.38. The van der Waals surface area contributed by atoms with Crippen LogP contribution in [0.25, 0.3) is 0 Å². The van der Waals surface area contributed by atoms with E-state index in [0.717, 1.165) is 12.8 Å². The molecule has 2 aliphatic rings. The second kappa shape index (κ2) is 4.40. The molecule has 3 heteroatoms. The molecule has 1 aromatic carbocycles. The maximum Gasteiger partial charge on any atom is 0.407 e. The molecule has 1 N–H and O–H groups in total. The van der Waals surface area contributed by atoms with E-state index in [-0.39, 0.29) is 18.2 Å². The predicted octanol–water partition coefficient (Wildman–Crippen LogP) is 3.03. The summed E-state index contributed by atoms with van der Waals surface area (Å²) in [6, 6.07) is 10.3. The van der Waals surface area contributed by atoms with Gasteiger partial charge in [0, 0.05) is 5.92 Å². The van der Waals surface area contributed by atoms with E-state index in [2.05, 4.69) is 17.4 Å². The van der Waals surface area contributed by atoms with Gasteiger partial charge in [-0.2, -0.15) is 0 Å². The number of carbonyl (C=O) groups is 1. The van der Waals surface area contributed by atoms with Crippen LogP contribution in [0, 0.1) is 5.92 Å². The molecule has 0 bridgehead atoms. The minimum absolute atomic E-state index is 0.114. The normalized spacial score (nSPS) is 32.2. The van der Waals surface area contributed by atoms with Crippen LogP contribution in [-0.2, 0) is 4.74 Å². The Morgan fingerprint density at radius 3 is 2.71 bits per heavy atom. The summed E-state index contributed by atoms with van der Waals surface area (Å²) in [5.74, 6) is 0.434. The molecule has 0 aromatic heterocycles. The van der Waals surface area contributed by atoms with E-state index >= 15 is 0 Å². The van der Waals surface area contributed by atoms with Crippen molar-refractivity contribution in [3.8, 4) is 0 Å². The second-order valence-electron chi connectivity index (χ2n) is 4.92. The van der Waals surface area contributed by atoms with Gasteiger partial charge in [-0.05, 0) is 24.8 Å². The van der Waals surface area contributed by atoms with Gasteiger partial charge in [-0.15, -0.1) is 0 Å². The van der Waals surface area contributed by atoms with E-state index in [4.69, 9.17) is 4.74 Å². The summed E-state index contributed by atoms with van der Waals surface area (Å²) in [7, 11) is 0. The van der Waals surface area contributed by atoms with Crippen molar-refractivity contribution in [3.63, 3.8) is 0 Å². The molecule has 2 fully saturated rings. The van der Waals surface area contributed by atoms with E-state index < -0.39 is 0 Å². The Labute approximate surface area is 101 Å². The molecule has 1 saturated carbocycles. The summed E-state index contributed by atoms with van der Waals surface area (Å²) in [4.78, 5) is 11.6. The van der Waals surface area contributed by atoms with Gasteiger partial charge in [0.2, 0.25) is 0 Å². The van der Waals surface area contributed by atoms with Crippen molar-refractivity contribution in [1.29, 1.82) is 0 Å². The first kappa shape index (κ1) is 10.6. The molecule has 1 saturated heterocycles. The Balaban J connectivity index is 1.88. The highest BCUT2D eigenvalue weighted by molar-refractivity contribution is 5.69. The number of amides is 1. The number of alkyl carbamates (subject to hydrolysis) is 1. The number of rotatable bonds is 1. The highest BCUT2D eigenvalue weighted by atomic mass is 16.6. The monoisotopic (exact) mass is 231 g/mol. The third-order valence-electron chi connectivity index (χ3n) is 3.87. The molecule has 0 unspecified atom stereocenters. The van der Waals surface area contributed by atoms with Crippen LogP contribution in [0.15, 0.2) is 30.3 Å². The summed E-state index contributed by atoms with van der Waals surface area (Å²) >= 11 is 0. The second-order valence-corrected chi connectivity index (χ2v) is 4.92. The van der Waals surface area contributed by atoms with E-state index in [1.54, 1.807) is 0 Å². The molecular weight excluding hydrogens is 214 g/mol. The lowest BCUT2D eigenvalue weighted by atomic mass is 9.78. The average Bonchev–Trinajstić information content (AvgIpc) is 2.39. The van der Waals surface area contributed by atoms with E-state index in [1.807, 2.05) is 18.2 Å². The van der Waals surface area contributed by atoms with Crippen LogP contribution < -0.4 is 5.32 Å². The predicted molar refractivity (Wildman–Crippen MR) is 64.5 cm³/mol. The Morgan fingerprint density at radius 1 is 1.12 bits per heavy atom. The quantitative estimate of drug-likeness (QED) is 0.806. The van der Waals surface area contributed by atoms with Crippen molar-refractivity contribution < 1.29 is 9.53 Å². The summed E-state index contributed by atoms with van der Waals surface area (Å²) in [5.41, 5.74) is 1.20. The van der Waals surface area contributed by atoms with Crippen molar-refractivity contribution in [1.82, 2.24) is 5.32 Å². The fourth-order valence-corrected chi connectivity index (χ4v) is 3.05. The van der Waals surface area contributed by atoms with E-state index in [0.29, 0.717) is 5.92 Å². The first-order valence-electron chi connectivity index (χ1n) is 6.37. The lowest BCUT2D eigenvalue weighted by Crippen LogP contribution is -2.48.